The van der Waals surface area contributed by atoms with Gasteiger partial charge in [0.2, 0.25) is 0 Å². The van der Waals surface area contributed by atoms with Crippen LogP contribution in [-0.2, 0) is 22.4 Å². The smallest absolute Gasteiger partial charge is 0.312 e. The summed E-state index contributed by atoms with van der Waals surface area (Å²) >= 11 is 14.6. The molecule has 1 fully saturated rings. The number of hydrogen-bond acceptors (Lipinski definition) is 4. The summed E-state index contributed by atoms with van der Waals surface area (Å²) in [7, 11) is 1.39. The van der Waals surface area contributed by atoms with Crippen molar-refractivity contribution in [1.82, 2.24) is 9.78 Å². The first-order valence-corrected chi connectivity index (χ1v) is 11.6. The van der Waals surface area contributed by atoms with Crippen LogP contribution < -0.4 is 0 Å². The SMILES string of the molecule is COC(=O)C1(CCCl)CCc2c(I)nn(C(=O)c3c(Cl)cccc3C3CC3)c2C1. The minimum Gasteiger partial charge on any atom is -0.469 e. The molecule has 5 nitrogen and oxygen atoms in total. The Morgan fingerprint density at radius 3 is 2.79 bits per heavy atom. The van der Waals surface area contributed by atoms with Crippen LogP contribution in [0.15, 0.2) is 18.2 Å². The lowest BCUT2D eigenvalue weighted by Crippen LogP contribution is -2.39. The number of carbonyl (C=O) groups excluding carboxylic acids is 2. The predicted molar refractivity (Wildman–Crippen MR) is 120 cm³/mol. The molecular formula is C21H21Cl2IN2O3. The number of alkyl halides is 1. The molecule has 2 aromatic rings. The van der Waals surface area contributed by atoms with Crippen molar-refractivity contribution in [2.75, 3.05) is 13.0 Å². The van der Waals surface area contributed by atoms with Crippen molar-refractivity contribution in [2.45, 2.75) is 44.4 Å². The van der Waals surface area contributed by atoms with Crippen LogP contribution in [0.4, 0.5) is 0 Å². The van der Waals surface area contributed by atoms with E-state index < -0.39 is 5.41 Å². The Balaban J connectivity index is 1.79. The van der Waals surface area contributed by atoms with E-state index >= 15 is 0 Å². The summed E-state index contributed by atoms with van der Waals surface area (Å²) in [6.07, 6.45) is 4.30. The lowest BCUT2D eigenvalue weighted by Gasteiger charge is -2.34. The third-order valence-corrected chi connectivity index (χ3v) is 7.43. The molecule has 0 spiro atoms. The number of rotatable bonds is 5. The average molecular weight is 547 g/mol. The maximum absolute atomic E-state index is 13.6. The molecule has 0 radical (unpaired) electrons. The van der Waals surface area contributed by atoms with Crippen LogP contribution in [0.2, 0.25) is 5.02 Å². The van der Waals surface area contributed by atoms with Gasteiger partial charge in [0.25, 0.3) is 5.91 Å². The summed E-state index contributed by atoms with van der Waals surface area (Å²) in [4.78, 5) is 26.2. The van der Waals surface area contributed by atoms with Crippen LogP contribution in [0.25, 0.3) is 0 Å². The summed E-state index contributed by atoms with van der Waals surface area (Å²) in [6, 6.07) is 5.61. The second-order valence-corrected chi connectivity index (χ2v) is 9.61. The van der Waals surface area contributed by atoms with Crippen LogP contribution in [0.1, 0.15) is 58.8 Å². The van der Waals surface area contributed by atoms with E-state index in [0.717, 1.165) is 33.4 Å². The van der Waals surface area contributed by atoms with E-state index in [-0.39, 0.29) is 11.9 Å². The monoisotopic (exact) mass is 546 g/mol. The number of halogens is 3. The Morgan fingerprint density at radius 1 is 1.38 bits per heavy atom. The zero-order valence-corrected chi connectivity index (χ0v) is 19.7. The van der Waals surface area contributed by atoms with E-state index in [4.69, 9.17) is 27.9 Å². The molecular weight excluding hydrogens is 526 g/mol. The van der Waals surface area contributed by atoms with Crippen molar-refractivity contribution >= 4 is 57.7 Å². The second-order valence-electron chi connectivity index (χ2n) is 7.80. The summed E-state index contributed by atoms with van der Waals surface area (Å²) in [5, 5.41) is 4.99. The van der Waals surface area contributed by atoms with E-state index in [9.17, 15) is 9.59 Å². The summed E-state index contributed by atoms with van der Waals surface area (Å²) < 4.78 is 7.34. The zero-order valence-electron chi connectivity index (χ0n) is 16.0. The highest BCUT2D eigenvalue weighted by atomic mass is 127. The second kappa shape index (κ2) is 8.19. The first-order valence-electron chi connectivity index (χ1n) is 9.65. The summed E-state index contributed by atoms with van der Waals surface area (Å²) in [6.45, 7) is 0. The topological polar surface area (TPSA) is 61.2 Å². The third kappa shape index (κ3) is 3.72. The van der Waals surface area contributed by atoms with E-state index in [1.165, 1.54) is 11.8 Å². The van der Waals surface area contributed by atoms with Gasteiger partial charge in [-0.2, -0.15) is 9.78 Å². The lowest BCUT2D eigenvalue weighted by molar-refractivity contribution is -0.154. The normalized spacial score (nSPS) is 21.0. The number of esters is 1. The van der Waals surface area contributed by atoms with Crippen molar-refractivity contribution in [3.8, 4) is 0 Å². The van der Waals surface area contributed by atoms with Crippen molar-refractivity contribution in [3.63, 3.8) is 0 Å². The first kappa shape index (κ1) is 21.1. The standard InChI is InChI=1S/C21H21Cl2IN2O3/c1-29-20(28)21(9-10-22)8-7-14-16(11-21)26(25-18(14)24)19(27)17-13(12-5-6-12)3-2-4-15(17)23/h2-4,12H,5-11H2,1H3. The van der Waals surface area contributed by atoms with Gasteiger partial charge < -0.3 is 4.74 Å². The predicted octanol–water partition coefficient (Wildman–Crippen LogP) is 4.98. The van der Waals surface area contributed by atoms with Crippen LogP contribution in [0, 0.1) is 9.12 Å². The highest BCUT2D eigenvalue weighted by molar-refractivity contribution is 14.1. The molecule has 1 heterocycles. The van der Waals surface area contributed by atoms with Gasteiger partial charge in [-0.25, -0.2) is 0 Å². The molecule has 0 aliphatic heterocycles. The molecule has 1 unspecified atom stereocenters. The van der Waals surface area contributed by atoms with Crippen molar-refractivity contribution < 1.29 is 14.3 Å². The van der Waals surface area contributed by atoms with Crippen LogP contribution in [-0.4, -0.2) is 34.6 Å². The number of fused-ring (bicyclic) bond motifs is 1. The quantitative estimate of drug-likeness (QED) is 0.301. The number of aromatic nitrogens is 2. The molecule has 0 amide bonds. The Kier molecular flexibility index (Phi) is 5.97. The van der Waals surface area contributed by atoms with E-state index in [0.29, 0.717) is 48.1 Å². The molecule has 29 heavy (non-hydrogen) atoms. The van der Waals surface area contributed by atoms with E-state index in [2.05, 4.69) is 27.7 Å². The average Bonchev–Trinajstić information content (AvgIpc) is 3.51. The van der Waals surface area contributed by atoms with Crippen molar-refractivity contribution in [3.05, 3.63) is 49.3 Å². The number of nitrogens with zero attached hydrogens (tertiary/aromatic N) is 2. The number of ether oxygens (including phenoxy) is 1. The Bertz CT molecular complexity index is 987. The Morgan fingerprint density at radius 2 is 2.14 bits per heavy atom. The first-order chi connectivity index (χ1) is 13.9. The summed E-state index contributed by atoms with van der Waals surface area (Å²) in [5.41, 5.74) is 2.56. The third-order valence-electron chi connectivity index (χ3n) is 6.06. The molecule has 1 atom stereocenters. The molecule has 1 saturated carbocycles. The molecule has 0 N–H and O–H groups in total. The highest BCUT2D eigenvalue weighted by Gasteiger charge is 2.45. The molecule has 4 rings (SSSR count). The maximum atomic E-state index is 13.6. The van der Waals surface area contributed by atoms with Gasteiger partial charge in [0.15, 0.2) is 0 Å². The lowest BCUT2D eigenvalue weighted by atomic mass is 9.71. The largest absolute Gasteiger partial charge is 0.469 e. The number of carbonyl (C=O) groups is 2. The number of hydrogen-bond donors (Lipinski definition) is 0. The maximum Gasteiger partial charge on any atom is 0.312 e. The van der Waals surface area contributed by atoms with Crippen LogP contribution in [0.3, 0.4) is 0 Å². The molecule has 154 valence electrons. The Labute approximate surface area is 193 Å². The fraction of sp³-hybridized carbons (Fsp3) is 0.476. The zero-order chi connectivity index (χ0) is 20.8. The molecule has 0 bridgehead atoms. The fourth-order valence-corrected chi connectivity index (χ4v) is 5.74. The van der Waals surface area contributed by atoms with Crippen molar-refractivity contribution in [2.24, 2.45) is 5.41 Å². The molecule has 1 aromatic carbocycles. The van der Waals surface area contributed by atoms with Gasteiger partial charge in [-0.3, -0.25) is 9.59 Å². The molecule has 0 saturated heterocycles. The minimum atomic E-state index is -0.732. The van der Waals surface area contributed by atoms with Gasteiger partial charge in [-0.15, -0.1) is 11.6 Å². The Hall–Kier alpha value is -1.12. The minimum absolute atomic E-state index is 0.233. The molecule has 2 aliphatic carbocycles. The van der Waals surface area contributed by atoms with Gasteiger partial charge in [0.05, 0.1) is 28.8 Å². The van der Waals surface area contributed by atoms with Gasteiger partial charge in [-0.1, -0.05) is 23.7 Å². The van der Waals surface area contributed by atoms with Crippen LogP contribution in [0.5, 0.6) is 0 Å². The van der Waals surface area contributed by atoms with Gasteiger partial charge in [0.1, 0.15) is 3.70 Å². The fourth-order valence-electron chi connectivity index (χ4n) is 4.32. The van der Waals surface area contributed by atoms with E-state index in [1.54, 1.807) is 6.07 Å². The highest BCUT2D eigenvalue weighted by Crippen LogP contribution is 2.44. The molecule has 1 aromatic heterocycles. The van der Waals surface area contributed by atoms with Crippen LogP contribution >= 0.6 is 45.8 Å². The van der Waals surface area contributed by atoms with Gasteiger partial charge in [0, 0.05) is 17.9 Å². The van der Waals surface area contributed by atoms with Gasteiger partial charge >= 0.3 is 5.97 Å². The molecule has 2 aliphatic rings. The number of benzene rings is 1. The number of methoxy groups -OCH3 is 1. The summed E-state index contributed by atoms with van der Waals surface area (Å²) in [5.74, 6) is 0.210. The molecule has 8 heteroatoms. The van der Waals surface area contributed by atoms with Gasteiger partial charge in [-0.05, 0) is 72.2 Å². The van der Waals surface area contributed by atoms with E-state index in [1.807, 2.05) is 12.1 Å². The van der Waals surface area contributed by atoms with Crippen molar-refractivity contribution in [1.29, 1.82) is 0 Å².